The number of carboxylic acids is 1. The van der Waals surface area contributed by atoms with Crippen LogP contribution in [0.3, 0.4) is 0 Å². The topological polar surface area (TPSA) is 84.7 Å². The van der Waals surface area contributed by atoms with Crippen LogP contribution in [0.25, 0.3) is 0 Å². The van der Waals surface area contributed by atoms with Crippen molar-refractivity contribution in [1.82, 2.24) is 9.78 Å². The summed E-state index contributed by atoms with van der Waals surface area (Å²) in [6, 6.07) is 8.44. The van der Waals surface area contributed by atoms with E-state index in [9.17, 15) is 9.59 Å². The molecule has 0 aliphatic carbocycles. The quantitative estimate of drug-likeness (QED) is 0.878. The first-order valence-electron chi connectivity index (χ1n) is 7.56. The molecule has 0 atom stereocenters. The average Bonchev–Trinajstić information content (AvgIpc) is 2.94. The van der Waals surface area contributed by atoms with Gasteiger partial charge in [0.1, 0.15) is 5.75 Å². The van der Waals surface area contributed by atoms with Crippen LogP contribution < -0.4 is 9.64 Å². The van der Waals surface area contributed by atoms with E-state index in [2.05, 4.69) is 5.10 Å². The Kier molecular flexibility index (Phi) is 5.23. The third-order valence-electron chi connectivity index (χ3n) is 3.62. The molecule has 1 aromatic carbocycles. The largest absolute Gasteiger partial charge is 0.482 e. The van der Waals surface area contributed by atoms with Crippen molar-refractivity contribution in [1.29, 1.82) is 0 Å². The molecular weight excluding hydrogens is 310 g/mol. The summed E-state index contributed by atoms with van der Waals surface area (Å²) < 4.78 is 6.79. The van der Waals surface area contributed by atoms with Gasteiger partial charge in [-0.3, -0.25) is 9.48 Å². The van der Waals surface area contributed by atoms with Crippen molar-refractivity contribution in [3.05, 3.63) is 41.7 Å². The number of hydrogen-bond acceptors (Lipinski definition) is 4. The second kappa shape index (κ2) is 7.16. The first kappa shape index (κ1) is 17.5. The van der Waals surface area contributed by atoms with Gasteiger partial charge in [-0.05, 0) is 36.2 Å². The Morgan fingerprint density at radius 2 is 1.92 bits per heavy atom. The molecule has 1 amide bonds. The maximum atomic E-state index is 12.6. The number of nitrogens with zero attached hydrogens (tertiary/aromatic N) is 3. The summed E-state index contributed by atoms with van der Waals surface area (Å²) in [6.45, 7) is 3.69. The number of aliphatic carboxylic acids is 1. The maximum absolute atomic E-state index is 12.6. The summed E-state index contributed by atoms with van der Waals surface area (Å²) in [6.07, 6.45) is 0. The van der Waals surface area contributed by atoms with Crippen LogP contribution in [0.15, 0.2) is 30.3 Å². The Morgan fingerprint density at radius 1 is 1.29 bits per heavy atom. The summed E-state index contributed by atoms with van der Waals surface area (Å²) in [7, 11) is 3.49. The predicted octanol–water partition coefficient (Wildman–Crippen LogP) is 2.28. The van der Waals surface area contributed by atoms with Crippen molar-refractivity contribution in [2.24, 2.45) is 7.05 Å². The van der Waals surface area contributed by atoms with Gasteiger partial charge in [0.25, 0.3) is 5.91 Å². The van der Waals surface area contributed by atoms with Crippen LogP contribution >= 0.6 is 0 Å². The van der Waals surface area contributed by atoms with Gasteiger partial charge in [-0.2, -0.15) is 5.10 Å². The fourth-order valence-corrected chi connectivity index (χ4v) is 2.33. The van der Waals surface area contributed by atoms with Gasteiger partial charge in [-0.1, -0.05) is 13.8 Å². The Bertz CT molecular complexity index is 735. The van der Waals surface area contributed by atoms with E-state index < -0.39 is 12.6 Å². The monoisotopic (exact) mass is 331 g/mol. The molecule has 24 heavy (non-hydrogen) atoms. The Hall–Kier alpha value is -2.83. The summed E-state index contributed by atoms with van der Waals surface area (Å²) in [4.78, 5) is 24.6. The highest BCUT2D eigenvalue weighted by molar-refractivity contribution is 6.04. The zero-order valence-corrected chi connectivity index (χ0v) is 14.2. The number of ether oxygens (including phenoxy) is 1. The van der Waals surface area contributed by atoms with Crippen LogP contribution in [0.4, 0.5) is 5.69 Å². The molecular formula is C17H21N3O4. The Labute approximate surface area is 140 Å². The van der Waals surface area contributed by atoms with Crippen LogP contribution in [0, 0.1) is 0 Å². The fraction of sp³-hybridized carbons (Fsp3) is 0.353. The van der Waals surface area contributed by atoms with E-state index in [4.69, 9.17) is 9.84 Å². The third-order valence-corrected chi connectivity index (χ3v) is 3.62. The number of carbonyl (C=O) groups is 2. The molecule has 7 nitrogen and oxygen atoms in total. The summed E-state index contributed by atoms with van der Waals surface area (Å²) >= 11 is 0. The van der Waals surface area contributed by atoms with Crippen LogP contribution in [0.5, 0.6) is 5.75 Å². The van der Waals surface area contributed by atoms with Crippen LogP contribution in [-0.2, 0) is 11.8 Å². The molecule has 0 spiro atoms. The second-order valence-corrected chi connectivity index (χ2v) is 5.77. The number of aromatic nitrogens is 2. The van der Waals surface area contributed by atoms with E-state index >= 15 is 0 Å². The zero-order valence-electron chi connectivity index (χ0n) is 14.2. The van der Waals surface area contributed by atoms with Crippen molar-refractivity contribution < 1.29 is 19.4 Å². The minimum atomic E-state index is -1.04. The molecule has 0 aliphatic heterocycles. The van der Waals surface area contributed by atoms with Crippen LogP contribution in [-0.4, -0.2) is 40.4 Å². The fourth-order valence-electron chi connectivity index (χ4n) is 2.33. The van der Waals surface area contributed by atoms with Crippen LogP contribution in [0.2, 0.25) is 0 Å². The summed E-state index contributed by atoms with van der Waals surface area (Å²) in [5, 5.41) is 12.9. The number of carboxylic acid groups (broad SMARTS) is 1. The summed E-state index contributed by atoms with van der Waals surface area (Å²) in [5.41, 5.74) is 2.04. The highest BCUT2D eigenvalue weighted by atomic mass is 16.5. The van der Waals surface area contributed by atoms with Gasteiger partial charge >= 0.3 is 5.97 Å². The summed E-state index contributed by atoms with van der Waals surface area (Å²) in [5.74, 6) is -0.541. The van der Waals surface area contributed by atoms with Gasteiger partial charge in [0.05, 0.1) is 0 Å². The lowest BCUT2D eigenvalue weighted by Crippen LogP contribution is -2.26. The number of amides is 1. The van der Waals surface area contributed by atoms with Gasteiger partial charge in [0, 0.05) is 25.5 Å². The van der Waals surface area contributed by atoms with Gasteiger partial charge in [0.2, 0.25) is 0 Å². The second-order valence-electron chi connectivity index (χ2n) is 5.77. The standard InChI is InChI=1S/C17H21N3O4/c1-11(2)15-9-14(18-20(15)4)17(23)19(3)12-5-7-13(8-6-12)24-10-16(21)22/h5-9,11H,10H2,1-4H3,(H,21,22). The molecule has 0 saturated carbocycles. The lowest BCUT2D eigenvalue weighted by molar-refractivity contribution is -0.139. The Balaban J connectivity index is 2.13. The first-order valence-corrected chi connectivity index (χ1v) is 7.56. The number of hydrogen-bond donors (Lipinski definition) is 1. The molecule has 0 unspecified atom stereocenters. The number of carbonyl (C=O) groups excluding carboxylic acids is 1. The average molecular weight is 331 g/mol. The van der Waals surface area contributed by atoms with E-state index in [1.807, 2.05) is 20.9 Å². The molecule has 0 saturated heterocycles. The van der Waals surface area contributed by atoms with Gasteiger partial charge < -0.3 is 14.7 Å². The lowest BCUT2D eigenvalue weighted by atomic mass is 10.1. The number of anilines is 1. The zero-order chi connectivity index (χ0) is 17.9. The maximum Gasteiger partial charge on any atom is 0.341 e. The van der Waals surface area contributed by atoms with Crippen molar-refractivity contribution in [2.75, 3.05) is 18.6 Å². The van der Waals surface area contributed by atoms with E-state index in [0.717, 1.165) is 5.69 Å². The molecule has 2 rings (SSSR count). The van der Waals surface area contributed by atoms with Crippen molar-refractivity contribution in [3.63, 3.8) is 0 Å². The van der Waals surface area contributed by atoms with Crippen molar-refractivity contribution in [3.8, 4) is 5.75 Å². The highest BCUT2D eigenvalue weighted by Gasteiger charge is 2.19. The van der Waals surface area contributed by atoms with E-state index in [1.54, 1.807) is 42.1 Å². The molecule has 0 fully saturated rings. The molecule has 0 radical (unpaired) electrons. The molecule has 0 bridgehead atoms. The Morgan fingerprint density at radius 3 is 2.42 bits per heavy atom. The number of benzene rings is 1. The smallest absolute Gasteiger partial charge is 0.341 e. The molecule has 7 heteroatoms. The minimum absolute atomic E-state index is 0.211. The molecule has 128 valence electrons. The highest BCUT2D eigenvalue weighted by Crippen LogP contribution is 2.21. The van der Waals surface area contributed by atoms with Gasteiger partial charge in [-0.25, -0.2) is 4.79 Å². The van der Waals surface area contributed by atoms with E-state index in [-0.39, 0.29) is 11.8 Å². The number of rotatable bonds is 6. The minimum Gasteiger partial charge on any atom is -0.482 e. The molecule has 1 N–H and O–H groups in total. The van der Waals surface area contributed by atoms with Crippen LogP contribution in [0.1, 0.15) is 35.9 Å². The molecule has 1 heterocycles. The molecule has 0 aliphatic rings. The van der Waals surface area contributed by atoms with Gasteiger partial charge in [0.15, 0.2) is 12.3 Å². The SMILES string of the molecule is CC(C)c1cc(C(=O)N(C)c2ccc(OCC(=O)O)cc2)nn1C. The molecule has 1 aromatic heterocycles. The van der Waals surface area contributed by atoms with Crippen molar-refractivity contribution in [2.45, 2.75) is 19.8 Å². The lowest BCUT2D eigenvalue weighted by Gasteiger charge is -2.16. The van der Waals surface area contributed by atoms with E-state index in [0.29, 0.717) is 17.1 Å². The number of aryl methyl sites for hydroxylation is 1. The molecule has 2 aromatic rings. The third kappa shape index (κ3) is 3.92. The van der Waals surface area contributed by atoms with Crippen molar-refractivity contribution >= 4 is 17.6 Å². The predicted molar refractivity (Wildman–Crippen MR) is 89.6 cm³/mol. The van der Waals surface area contributed by atoms with E-state index in [1.165, 1.54) is 4.90 Å². The van der Waals surface area contributed by atoms with Gasteiger partial charge in [-0.15, -0.1) is 0 Å². The first-order chi connectivity index (χ1) is 11.3. The normalized spacial score (nSPS) is 10.7.